The van der Waals surface area contributed by atoms with Gasteiger partial charge in [0.15, 0.2) is 0 Å². The number of aromatic nitrogens is 1. The van der Waals surface area contributed by atoms with Crippen LogP contribution in [0, 0.1) is 0 Å². The molecule has 9 aromatic carbocycles. The summed E-state index contributed by atoms with van der Waals surface area (Å²) >= 11 is 0. The molecule has 11 rings (SSSR count). The van der Waals surface area contributed by atoms with Gasteiger partial charge in [0.1, 0.15) is 0 Å². The lowest BCUT2D eigenvalue weighted by Crippen LogP contribution is -2.14. The van der Waals surface area contributed by atoms with Gasteiger partial charge < -0.3 is 9.47 Å². The van der Waals surface area contributed by atoms with E-state index < -0.39 is 0 Å². The van der Waals surface area contributed by atoms with Crippen molar-refractivity contribution in [2.24, 2.45) is 0 Å². The Hall–Kier alpha value is -7.42. The second-order valence-electron chi connectivity index (χ2n) is 16.2. The Labute approximate surface area is 345 Å². The van der Waals surface area contributed by atoms with Crippen LogP contribution in [-0.4, -0.2) is 4.57 Å². The molecule has 2 nitrogen and oxygen atoms in total. The molecule has 280 valence electrons. The third-order valence-corrected chi connectivity index (χ3v) is 12.4. The average Bonchev–Trinajstić information content (AvgIpc) is 3.76. The first-order chi connectivity index (χ1) is 29.0. The first kappa shape index (κ1) is 34.8. The Bertz CT molecular complexity index is 3080. The molecule has 0 fully saturated rings. The number of rotatable bonds is 7. The lowest BCUT2D eigenvalue weighted by molar-refractivity contribution is 0.660. The molecule has 0 aliphatic heterocycles. The molecule has 1 aromatic heterocycles. The Morgan fingerprint density at radius 1 is 0.339 bits per heavy atom. The van der Waals surface area contributed by atoms with E-state index in [1.807, 2.05) is 0 Å². The zero-order valence-corrected chi connectivity index (χ0v) is 33.2. The molecular formula is C57H42N2. The smallest absolute Gasteiger partial charge is 0.0541 e. The van der Waals surface area contributed by atoms with Crippen LogP contribution < -0.4 is 4.90 Å². The summed E-state index contributed by atoms with van der Waals surface area (Å²) in [5, 5.41) is 2.55. The number of nitrogens with zero attached hydrogens (tertiary/aromatic N) is 2. The van der Waals surface area contributed by atoms with E-state index in [4.69, 9.17) is 0 Å². The minimum atomic E-state index is -0.00264. The van der Waals surface area contributed by atoms with Crippen LogP contribution in [0.25, 0.3) is 72.0 Å². The van der Waals surface area contributed by atoms with E-state index in [-0.39, 0.29) is 5.41 Å². The highest BCUT2D eigenvalue weighted by Crippen LogP contribution is 2.49. The quantitative estimate of drug-likeness (QED) is 0.157. The molecule has 0 saturated carbocycles. The van der Waals surface area contributed by atoms with Gasteiger partial charge in [0, 0.05) is 38.9 Å². The van der Waals surface area contributed by atoms with Crippen molar-refractivity contribution in [3.8, 4) is 50.2 Å². The number of anilines is 3. The zero-order chi connectivity index (χ0) is 39.5. The van der Waals surface area contributed by atoms with Crippen molar-refractivity contribution >= 4 is 38.9 Å². The zero-order valence-electron chi connectivity index (χ0n) is 33.2. The third-order valence-electron chi connectivity index (χ3n) is 12.4. The van der Waals surface area contributed by atoms with Gasteiger partial charge in [0.25, 0.3) is 0 Å². The maximum Gasteiger partial charge on any atom is 0.0541 e. The monoisotopic (exact) mass is 754 g/mol. The minimum Gasteiger partial charge on any atom is -0.311 e. The van der Waals surface area contributed by atoms with Gasteiger partial charge in [-0.2, -0.15) is 0 Å². The summed E-state index contributed by atoms with van der Waals surface area (Å²) in [6.07, 6.45) is 0. The molecule has 1 aliphatic carbocycles. The maximum absolute atomic E-state index is 2.38. The van der Waals surface area contributed by atoms with Crippen LogP contribution >= 0.6 is 0 Å². The molecule has 2 heteroatoms. The first-order valence-electron chi connectivity index (χ1n) is 20.5. The van der Waals surface area contributed by atoms with E-state index in [0.29, 0.717) is 0 Å². The van der Waals surface area contributed by atoms with Crippen molar-refractivity contribution in [2.75, 3.05) is 4.90 Å². The van der Waals surface area contributed by atoms with E-state index in [1.54, 1.807) is 0 Å². The van der Waals surface area contributed by atoms with Crippen molar-refractivity contribution in [1.29, 1.82) is 0 Å². The number of para-hydroxylation sites is 2. The summed E-state index contributed by atoms with van der Waals surface area (Å²) in [4.78, 5) is 2.36. The molecule has 0 bridgehead atoms. The molecule has 0 radical (unpaired) electrons. The van der Waals surface area contributed by atoms with Crippen LogP contribution in [0.5, 0.6) is 0 Å². The van der Waals surface area contributed by atoms with E-state index in [2.05, 4.69) is 242 Å². The van der Waals surface area contributed by atoms with Gasteiger partial charge in [-0.25, -0.2) is 0 Å². The molecule has 59 heavy (non-hydrogen) atoms. The van der Waals surface area contributed by atoms with Gasteiger partial charge in [-0.3, -0.25) is 0 Å². The van der Waals surface area contributed by atoms with Crippen LogP contribution in [0.2, 0.25) is 0 Å². The van der Waals surface area contributed by atoms with E-state index >= 15 is 0 Å². The van der Waals surface area contributed by atoms with Gasteiger partial charge in [-0.15, -0.1) is 0 Å². The van der Waals surface area contributed by atoms with Gasteiger partial charge in [0.2, 0.25) is 0 Å². The Kier molecular flexibility index (Phi) is 8.20. The lowest BCUT2D eigenvalue weighted by atomic mass is 9.82. The van der Waals surface area contributed by atoms with Crippen LogP contribution in [0.4, 0.5) is 17.1 Å². The summed E-state index contributed by atoms with van der Waals surface area (Å²) < 4.78 is 2.37. The highest BCUT2D eigenvalue weighted by Gasteiger charge is 2.35. The number of fused-ring (bicyclic) bond motifs is 6. The second kappa shape index (κ2) is 13.9. The van der Waals surface area contributed by atoms with Gasteiger partial charge in [-0.1, -0.05) is 166 Å². The molecule has 0 unspecified atom stereocenters. The van der Waals surface area contributed by atoms with E-state index in [0.717, 1.165) is 22.7 Å². The molecule has 1 aliphatic rings. The topological polar surface area (TPSA) is 8.17 Å². The van der Waals surface area contributed by atoms with E-state index in [1.165, 1.54) is 77.4 Å². The summed E-state index contributed by atoms with van der Waals surface area (Å²) in [7, 11) is 0. The van der Waals surface area contributed by atoms with Crippen molar-refractivity contribution in [1.82, 2.24) is 4.57 Å². The normalized spacial score (nSPS) is 12.7. The number of benzene rings is 9. The largest absolute Gasteiger partial charge is 0.311 e. The van der Waals surface area contributed by atoms with Crippen molar-refractivity contribution < 1.29 is 0 Å². The van der Waals surface area contributed by atoms with Crippen LogP contribution in [0.1, 0.15) is 25.0 Å². The maximum atomic E-state index is 2.38. The number of hydrogen-bond donors (Lipinski definition) is 0. The second-order valence-corrected chi connectivity index (χ2v) is 16.2. The summed E-state index contributed by atoms with van der Waals surface area (Å²) in [6, 6.07) is 79.7. The highest BCUT2D eigenvalue weighted by atomic mass is 15.1. The van der Waals surface area contributed by atoms with Gasteiger partial charge in [-0.05, 0) is 122 Å². The molecule has 0 saturated heterocycles. The first-order valence-corrected chi connectivity index (χ1v) is 20.5. The highest BCUT2D eigenvalue weighted by molar-refractivity contribution is 6.09. The fourth-order valence-corrected chi connectivity index (χ4v) is 9.39. The molecule has 0 N–H and O–H groups in total. The molecular weight excluding hydrogens is 713 g/mol. The van der Waals surface area contributed by atoms with Crippen LogP contribution in [0.3, 0.4) is 0 Å². The van der Waals surface area contributed by atoms with Crippen molar-refractivity contribution in [3.05, 3.63) is 230 Å². The predicted octanol–water partition coefficient (Wildman–Crippen LogP) is 15.6. The SMILES string of the molecule is CC1(C)c2ccccc2-c2cc(-c3ccc(N(c4ccc(-c5ccccc5)cc4)c4ccc(-c5ccc(-n6c7ccccc7c7ccccc76)cc5)cc4)cc3)ccc21. The van der Waals surface area contributed by atoms with E-state index in [9.17, 15) is 0 Å². The Morgan fingerprint density at radius 3 is 1.31 bits per heavy atom. The molecule has 10 aromatic rings. The summed E-state index contributed by atoms with van der Waals surface area (Å²) in [5.74, 6) is 0. The van der Waals surface area contributed by atoms with Gasteiger partial charge in [0.05, 0.1) is 11.0 Å². The summed E-state index contributed by atoms with van der Waals surface area (Å²) in [5.41, 5.74) is 19.6. The Balaban J connectivity index is 0.931. The Morgan fingerprint density at radius 2 is 0.746 bits per heavy atom. The fourth-order valence-electron chi connectivity index (χ4n) is 9.39. The molecule has 0 spiro atoms. The minimum absolute atomic E-state index is 0.00264. The molecule has 0 amide bonds. The standard InChI is InChI=1S/C57H42N2/c1-57(2)53-17-9-6-14-49(53)52-38-44(28-37-54(52)57)43-26-33-47(34-27-43)58(45-29-20-40(21-30-45)39-12-4-3-5-13-39)46-31-22-41(23-32-46)42-24-35-48(36-25-42)59-55-18-10-7-15-50(55)51-16-8-11-19-56(51)59/h3-38H,1-2H3. The third kappa shape index (κ3) is 5.87. The van der Waals surface area contributed by atoms with Crippen LogP contribution in [0.15, 0.2) is 218 Å². The fraction of sp³-hybridized carbons (Fsp3) is 0.0526. The predicted molar refractivity (Wildman–Crippen MR) is 249 cm³/mol. The average molecular weight is 755 g/mol. The molecule has 0 atom stereocenters. The summed E-state index contributed by atoms with van der Waals surface area (Å²) in [6.45, 7) is 4.67. The molecule has 1 heterocycles. The van der Waals surface area contributed by atoms with Crippen molar-refractivity contribution in [3.63, 3.8) is 0 Å². The van der Waals surface area contributed by atoms with Crippen molar-refractivity contribution in [2.45, 2.75) is 19.3 Å². The lowest BCUT2D eigenvalue weighted by Gasteiger charge is -2.26. The number of hydrogen-bond acceptors (Lipinski definition) is 1. The van der Waals surface area contributed by atoms with Crippen LogP contribution in [-0.2, 0) is 5.41 Å². The van der Waals surface area contributed by atoms with Gasteiger partial charge >= 0.3 is 0 Å².